The van der Waals surface area contributed by atoms with Crippen LogP contribution in [0.5, 0.6) is 0 Å². The largest absolute Gasteiger partial charge is 0.332 e. The van der Waals surface area contributed by atoms with E-state index in [0.717, 1.165) is 25.8 Å². The van der Waals surface area contributed by atoms with E-state index in [1.807, 2.05) is 0 Å². The van der Waals surface area contributed by atoms with E-state index in [2.05, 4.69) is 20.8 Å². The quantitative estimate of drug-likeness (QED) is 0.726. The van der Waals surface area contributed by atoms with Gasteiger partial charge >= 0.3 is 0 Å². The molecule has 0 aromatic heterocycles. The summed E-state index contributed by atoms with van der Waals surface area (Å²) in [4.78, 5) is 27.6. The third-order valence-electron chi connectivity index (χ3n) is 3.63. The molecule has 0 aromatic carbocycles. The average molecular weight is 238 g/mol. The Morgan fingerprint density at radius 3 is 2.65 bits per heavy atom. The lowest BCUT2D eigenvalue weighted by Crippen LogP contribution is -2.57. The van der Waals surface area contributed by atoms with Gasteiger partial charge in [-0.15, -0.1) is 0 Å². The monoisotopic (exact) mass is 238 g/mol. The SMILES string of the molecule is CC(C)(C)CCN1CC(=O)N2CCCC2C1=O. The van der Waals surface area contributed by atoms with Crippen LogP contribution in [0, 0.1) is 5.41 Å². The van der Waals surface area contributed by atoms with Gasteiger partial charge in [0.2, 0.25) is 11.8 Å². The fourth-order valence-electron chi connectivity index (χ4n) is 2.52. The Morgan fingerprint density at radius 2 is 2.00 bits per heavy atom. The number of nitrogens with zero attached hydrogens (tertiary/aromatic N) is 2. The van der Waals surface area contributed by atoms with Crippen molar-refractivity contribution in [2.24, 2.45) is 5.41 Å². The van der Waals surface area contributed by atoms with Crippen molar-refractivity contribution in [3.05, 3.63) is 0 Å². The Hall–Kier alpha value is -1.06. The Morgan fingerprint density at radius 1 is 1.29 bits per heavy atom. The van der Waals surface area contributed by atoms with Crippen LogP contribution in [0.1, 0.15) is 40.0 Å². The summed E-state index contributed by atoms with van der Waals surface area (Å²) in [5.41, 5.74) is 0.205. The summed E-state index contributed by atoms with van der Waals surface area (Å²) in [6.07, 6.45) is 2.75. The van der Waals surface area contributed by atoms with Gasteiger partial charge in [-0.2, -0.15) is 0 Å². The van der Waals surface area contributed by atoms with Crippen LogP contribution in [0.15, 0.2) is 0 Å². The zero-order chi connectivity index (χ0) is 12.6. The minimum absolute atomic E-state index is 0.126. The van der Waals surface area contributed by atoms with E-state index < -0.39 is 0 Å². The standard InChI is InChI=1S/C13H22N2O2/c1-13(2,3)6-8-14-9-11(16)15-7-4-5-10(15)12(14)17/h10H,4-9H2,1-3H3. The Bertz CT molecular complexity index is 333. The van der Waals surface area contributed by atoms with Crippen LogP contribution in [-0.4, -0.2) is 47.3 Å². The van der Waals surface area contributed by atoms with Crippen molar-refractivity contribution in [1.82, 2.24) is 9.80 Å². The van der Waals surface area contributed by atoms with Crippen molar-refractivity contribution >= 4 is 11.8 Å². The van der Waals surface area contributed by atoms with E-state index in [-0.39, 0.29) is 29.8 Å². The van der Waals surface area contributed by atoms with Gasteiger partial charge < -0.3 is 9.80 Å². The first-order valence-electron chi connectivity index (χ1n) is 6.47. The lowest BCUT2D eigenvalue weighted by Gasteiger charge is -2.37. The molecule has 0 aliphatic carbocycles. The topological polar surface area (TPSA) is 40.6 Å². The number of piperazine rings is 1. The van der Waals surface area contributed by atoms with E-state index in [1.54, 1.807) is 9.80 Å². The van der Waals surface area contributed by atoms with Crippen LogP contribution >= 0.6 is 0 Å². The fraction of sp³-hybridized carbons (Fsp3) is 0.846. The summed E-state index contributed by atoms with van der Waals surface area (Å²) < 4.78 is 0. The van der Waals surface area contributed by atoms with E-state index in [9.17, 15) is 9.59 Å². The third-order valence-corrected chi connectivity index (χ3v) is 3.63. The number of amides is 2. The van der Waals surface area contributed by atoms with Crippen LogP contribution in [0.4, 0.5) is 0 Å². The summed E-state index contributed by atoms with van der Waals surface area (Å²) in [5, 5.41) is 0. The summed E-state index contributed by atoms with van der Waals surface area (Å²) in [6.45, 7) is 8.23. The van der Waals surface area contributed by atoms with Gasteiger partial charge in [0, 0.05) is 13.1 Å². The summed E-state index contributed by atoms with van der Waals surface area (Å²) in [7, 11) is 0. The van der Waals surface area contributed by atoms with Gasteiger partial charge in [0.05, 0.1) is 6.54 Å². The number of carbonyl (C=O) groups excluding carboxylic acids is 2. The maximum Gasteiger partial charge on any atom is 0.245 e. The molecular formula is C13H22N2O2. The minimum Gasteiger partial charge on any atom is -0.332 e. The van der Waals surface area contributed by atoms with Gasteiger partial charge in [0.15, 0.2) is 0 Å². The Labute approximate surface area is 103 Å². The second-order valence-electron chi connectivity index (χ2n) is 6.32. The molecule has 2 aliphatic heterocycles. The normalized spacial score (nSPS) is 25.5. The van der Waals surface area contributed by atoms with Gasteiger partial charge in [-0.25, -0.2) is 0 Å². The Kier molecular flexibility index (Phi) is 3.15. The van der Waals surface area contributed by atoms with Crippen molar-refractivity contribution in [1.29, 1.82) is 0 Å². The maximum absolute atomic E-state index is 12.2. The predicted octanol–water partition coefficient (Wildman–Crippen LogP) is 1.26. The van der Waals surface area contributed by atoms with Gasteiger partial charge in [-0.1, -0.05) is 20.8 Å². The lowest BCUT2D eigenvalue weighted by atomic mass is 9.92. The highest BCUT2D eigenvalue weighted by Crippen LogP contribution is 2.25. The molecule has 0 radical (unpaired) electrons. The molecule has 0 aromatic rings. The number of carbonyl (C=O) groups is 2. The summed E-state index contributed by atoms with van der Waals surface area (Å²) in [6, 6.07) is -0.156. The van der Waals surface area contributed by atoms with E-state index in [4.69, 9.17) is 0 Å². The molecule has 0 N–H and O–H groups in total. The van der Waals surface area contributed by atoms with Crippen molar-refractivity contribution in [2.45, 2.75) is 46.1 Å². The lowest BCUT2D eigenvalue weighted by molar-refractivity contribution is -0.153. The highest BCUT2D eigenvalue weighted by atomic mass is 16.2. The molecule has 4 nitrogen and oxygen atoms in total. The van der Waals surface area contributed by atoms with Crippen LogP contribution in [0.25, 0.3) is 0 Å². The van der Waals surface area contributed by atoms with E-state index in [1.165, 1.54) is 0 Å². The molecule has 96 valence electrons. The zero-order valence-corrected chi connectivity index (χ0v) is 11.0. The van der Waals surface area contributed by atoms with Crippen molar-refractivity contribution in [3.8, 4) is 0 Å². The summed E-state index contributed by atoms with van der Waals surface area (Å²) >= 11 is 0. The maximum atomic E-state index is 12.2. The molecule has 0 saturated carbocycles. The zero-order valence-electron chi connectivity index (χ0n) is 11.0. The molecule has 0 bridgehead atoms. The first-order chi connectivity index (χ1) is 7.88. The Balaban J connectivity index is 2.00. The second kappa shape index (κ2) is 4.31. The molecular weight excluding hydrogens is 216 g/mol. The van der Waals surface area contributed by atoms with Crippen LogP contribution in [0.3, 0.4) is 0 Å². The van der Waals surface area contributed by atoms with Crippen LogP contribution < -0.4 is 0 Å². The van der Waals surface area contributed by atoms with Gasteiger partial charge in [0.1, 0.15) is 6.04 Å². The van der Waals surface area contributed by atoms with Gasteiger partial charge in [-0.05, 0) is 24.7 Å². The number of rotatable bonds is 2. The first kappa shape index (κ1) is 12.4. The highest BCUT2D eigenvalue weighted by Gasteiger charge is 2.41. The number of fused-ring (bicyclic) bond motifs is 1. The van der Waals surface area contributed by atoms with Crippen molar-refractivity contribution in [3.63, 3.8) is 0 Å². The molecule has 4 heteroatoms. The molecule has 0 spiro atoms. The molecule has 2 fully saturated rings. The first-order valence-corrected chi connectivity index (χ1v) is 6.47. The molecule has 2 saturated heterocycles. The fourth-order valence-corrected chi connectivity index (χ4v) is 2.52. The van der Waals surface area contributed by atoms with Crippen LogP contribution in [-0.2, 0) is 9.59 Å². The van der Waals surface area contributed by atoms with E-state index in [0.29, 0.717) is 6.54 Å². The minimum atomic E-state index is -0.156. The smallest absolute Gasteiger partial charge is 0.245 e. The average Bonchev–Trinajstić information content (AvgIpc) is 2.69. The molecule has 1 unspecified atom stereocenters. The second-order valence-corrected chi connectivity index (χ2v) is 6.32. The third kappa shape index (κ3) is 2.61. The number of hydrogen-bond donors (Lipinski definition) is 0. The molecule has 2 amide bonds. The molecule has 2 heterocycles. The summed E-state index contributed by atoms with van der Waals surface area (Å²) in [5.74, 6) is 0.285. The van der Waals surface area contributed by atoms with Crippen LogP contribution in [0.2, 0.25) is 0 Å². The molecule has 2 rings (SSSR count). The molecule has 2 aliphatic rings. The predicted molar refractivity (Wildman–Crippen MR) is 65.4 cm³/mol. The molecule has 17 heavy (non-hydrogen) atoms. The highest BCUT2D eigenvalue weighted by molar-refractivity contribution is 5.95. The van der Waals surface area contributed by atoms with Crippen molar-refractivity contribution in [2.75, 3.05) is 19.6 Å². The molecule has 1 atom stereocenters. The van der Waals surface area contributed by atoms with E-state index >= 15 is 0 Å². The van der Waals surface area contributed by atoms with Gasteiger partial charge in [0.25, 0.3) is 0 Å². The number of hydrogen-bond acceptors (Lipinski definition) is 2. The van der Waals surface area contributed by atoms with Gasteiger partial charge in [-0.3, -0.25) is 9.59 Å². The van der Waals surface area contributed by atoms with Crippen molar-refractivity contribution < 1.29 is 9.59 Å².